The van der Waals surface area contributed by atoms with Gasteiger partial charge in [0.15, 0.2) is 0 Å². The summed E-state index contributed by atoms with van der Waals surface area (Å²) in [4.78, 5) is 1.25. The molecule has 0 spiro atoms. The van der Waals surface area contributed by atoms with Gasteiger partial charge in [-0.1, -0.05) is 18.3 Å². The highest BCUT2D eigenvalue weighted by Gasteiger charge is 2.18. The van der Waals surface area contributed by atoms with E-state index >= 15 is 0 Å². The van der Waals surface area contributed by atoms with Crippen molar-refractivity contribution >= 4 is 11.5 Å². The Hall–Kier alpha value is -1.27. The van der Waals surface area contributed by atoms with E-state index in [9.17, 15) is 0 Å². The lowest BCUT2D eigenvalue weighted by atomic mass is 10.1. The van der Waals surface area contributed by atoms with Crippen molar-refractivity contribution in [2.24, 2.45) is 7.05 Å². The van der Waals surface area contributed by atoms with Gasteiger partial charge in [-0.3, -0.25) is 4.68 Å². The maximum Gasteiger partial charge on any atom is 0.0801 e. The Labute approximate surface area is 111 Å². The highest BCUT2D eigenvalue weighted by atomic mass is 32.1. The number of nitrogens with one attached hydrogen (secondary N) is 1. The van der Waals surface area contributed by atoms with Gasteiger partial charge in [0.25, 0.3) is 0 Å². The Kier molecular flexibility index (Phi) is 4.43. The van der Waals surface area contributed by atoms with Gasteiger partial charge in [0.1, 0.15) is 0 Å². The Balaban J connectivity index is 2.17. The average Bonchev–Trinajstić information content (AvgIpc) is 2.97. The van der Waals surface area contributed by atoms with Crippen molar-refractivity contribution in [2.75, 3.05) is 6.54 Å². The largest absolute Gasteiger partial charge is 0.309 e. The molecule has 2 aromatic rings. The van der Waals surface area contributed by atoms with Crippen LogP contribution in [0.5, 0.6) is 0 Å². The maximum absolute atomic E-state index is 4.21. The highest BCUT2D eigenvalue weighted by Crippen LogP contribution is 2.24. The summed E-state index contributed by atoms with van der Waals surface area (Å²) in [7, 11) is 1.94. The predicted molar refractivity (Wildman–Crippen MR) is 72.6 cm³/mol. The van der Waals surface area contributed by atoms with Crippen molar-refractivity contribution < 1.29 is 0 Å². The molecule has 0 saturated carbocycles. The fourth-order valence-corrected chi connectivity index (χ4v) is 2.85. The van der Waals surface area contributed by atoms with E-state index in [2.05, 4.69) is 40.0 Å². The minimum absolute atomic E-state index is 0.286. The molecule has 1 unspecified atom stereocenters. The molecule has 98 valence electrons. The van der Waals surface area contributed by atoms with Crippen LogP contribution in [-0.2, 0) is 19.9 Å². The first kappa shape index (κ1) is 13.2. The van der Waals surface area contributed by atoms with Gasteiger partial charge in [-0.25, -0.2) is 0 Å². The lowest BCUT2D eigenvalue weighted by molar-refractivity contribution is 0.553. The third kappa shape index (κ3) is 2.94. The molecular weight excluding hydrogens is 246 g/mol. The van der Waals surface area contributed by atoms with Crippen molar-refractivity contribution in [3.63, 3.8) is 0 Å². The number of hydrogen-bond donors (Lipinski definition) is 1. The van der Waals surface area contributed by atoms with Crippen LogP contribution in [-0.4, -0.2) is 25.9 Å². The molecule has 0 saturated heterocycles. The van der Waals surface area contributed by atoms with E-state index < -0.39 is 0 Å². The Morgan fingerprint density at radius 1 is 1.44 bits per heavy atom. The minimum atomic E-state index is 0.286. The molecule has 2 heterocycles. The van der Waals surface area contributed by atoms with E-state index in [0.717, 1.165) is 25.1 Å². The first-order valence-corrected chi connectivity index (χ1v) is 7.04. The van der Waals surface area contributed by atoms with Crippen LogP contribution in [0.15, 0.2) is 12.4 Å². The number of aryl methyl sites for hydroxylation is 2. The summed E-state index contributed by atoms with van der Waals surface area (Å²) in [5.74, 6) is 0. The minimum Gasteiger partial charge on any atom is -0.309 e. The van der Waals surface area contributed by atoms with Crippen molar-refractivity contribution in [1.29, 1.82) is 0 Å². The zero-order valence-corrected chi connectivity index (χ0v) is 11.9. The van der Waals surface area contributed by atoms with Crippen molar-refractivity contribution in [2.45, 2.75) is 32.7 Å². The van der Waals surface area contributed by atoms with E-state index in [4.69, 9.17) is 0 Å². The summed E-state index contributed by atoms with van der Waals surface area (Å²) in [6.07, 6.45) is 5.84. The summed E-state index contributed by atoms with van der Waals surface area (Å²) >= 11 is 1.50. The third-order valence-electron chi connectivity index (χ3n) is 2.89. The van der Waals surface area contributed by atoms with Crippen LogP contribution in [0.1, 0.15) is 36.0 Å². The van der Waals surface area contributed by atoms with E-state index in [1.54, 1.807) is 0 Å². The fraction of sp³-hybridized carbons (Fsp3) is 0.583. The van der Waals surface area contributed by atoms with E-state index in [1.165, 1.54) is 22.0 Å². The number of likely N-dealkylation sites (N-methyl/N-ethyl adjacent to an activating group) is 1. The summed E-state index contributed by atoms with van der Waals surface area (Å²) < 4.78 is 5.91. The molecule has 1 N–H and O–H groups in total. The maximum atomic E-state index is 4.21. The smallest absolute Gasteiger partial charge is 0.0801 e. The average molecular weight is 265 g/mol. The molecule has 6 heteroatoms. The summed E-state index contributed by atoms with van der Waals surface area (Å²) in [5.41, 5.74) is 2.34. The molecule has 0 aliphatic rings. The van der Waals surface area contributed by atoms with Gasteiger partial charge >= 0.3 is 0 Å². The number of hydrogen-bond acceptors (Lipinski definition) is 5. The van der Waals surface area contributed by atoms with E-state index in [1.807, 2.05) is 17.9 Å². The summed E-state index contributed by atoms with van der Waals surface area (Å²) in [6.45, 7) is 5.18. The quantitative estimate of drug-likeness (QED) is 0.864. The van der Waals surface area contributed by atoms with Gasteiger partial charge in [-0.2, -0.15) is 5.10 Å². The molecule has 0 bridgehead atoms. The first-order chi connectivity index (χ1) is 8.74. The number of aromatic nitrogens is 4. The van der Waals surface area contributed by atoms with Gasteiger partial charge in [-0.05, 0) is 36.5 Å². The van der Waals surface area contributed by atoms with Crippen molar-refractivity contribution in [3.8, 4) is 0 Å². The molecule has 2 aromatic heterocycles. The van der Waals surface area contributed by atoms with E-state index in [0.29, 0.717) is 0 Å². The molecule has 0 amide bonds. The second-order valence-electron chi connectivity index (χ2n) is 4.27. The van der Waals surface area contributed by atoms with Crippen LogP contribution in [0.25, 0.3) is 0 Å². The van der Waals surface area contributed by atoms with Crippen LogP contribution >= 0.6 is 11.5 Å². The van der Waals surface area contributed by atoms with Gasteiger partial charge in [0.2, 0.25) is 0 Å². The zero-order valence-electron chi connectivity index (χ0n) is 11.1. The molecule has 1 atom stereocenters. The Morgan fingerprint density at radius 2 is 2.28 bits per heavy atom. The Morgan fingerprint density at radius 3 is 2.89 bits per heavy atom. The molecule has 0 fully saturated rings. The van der Waals surface area contributed by atoms with Crippen molar-refractivity contribution in [1.82, 2.24) is 24.7 Å². The summed E-state index contributed by atoms with van der Waals surface area (Å²) in [5, 5.41) is 11.9. The van der Waals surface area contributed by atoms with Crippen LogP contribution in [0, 0.1) is 0 Å². The standard InChI is InChI=1S/C12H19N5S/c1-4-10-12(18-16-15-10)11(13-5-2)6-9-7-14-17(3)8-9/h7-8,11,13H,4-6H2,1-3H3. The normalized spacial score (nSPS) is 12.8. The molecule has 5 nitrogen and oxygen atoms in total. The van der Waals surface area contributed by atoms with Crippen molar-refractivity contribution in [3.05, 3.63) is 28.5 Å². The lowest BCUT2D eigenvalue weighted by Gasteiger charge is -2.15. The predicted octanol–water partition coefficient (Wildman–Crippen LogP) is 1.73. The van der Waals surface area contributed by atoms with Crippen LogP contribution < -0.4 is 5.32 Å². The molecule has 18 heavy (non-hydrogen) atoms. The second kappa shape index (κ2) is 6.06. The van der Waals surface area contributed by atoms with E-state index in [-0.39, 0.29) is 6.04 Å². The molecule has 0 aromatic carbocycles. The fourth-order valence-electron chi connectivity index (χ4n) is 2.04. The SMILES string of the molecule is CCNC(Cc1cnn(C)c1)c1snnc1CC. The zero-order chi connectivity index (χ0) is 13.0. The topological polar surface area (TPSA) is 55.6 Å². The third-order valence-corrected chi connectivity index (χ3v) is 3.77. The molecular formula is C12H19N5S. The molecule has 0 aliphatic carbocycles. The second-order valence-corrected chi connectivity index (χ2v) is 5.06. The molecule has 0 aliphatic heterocycles. The molecule has 2 rings (SSSR count). The van der Waals surface area contributed by atoms with Gasteiger partial charge in [0.05, 0.1) is 16.8 Å². The number of nitrogens with zero attached hydrogens (tertiary/aromatic N) is 4. The Bertz CT molecular complexity index is 490. The van der Waals surface area contributed by atoms with Crippen LogP contribution in [0.3, 0.4) is 0 Å². The van der Waals surface area contributed by atoms with Crippen LogP contribution in [0.4, 0.5) is 0 Å². The monoisotopic (exact) mass is 265 g/mol. The lowest BCUT2D eigenvalue weighted by Crippen LogP contribution is -2.23. The van der Waals surface area contributed by atoms with Crippen LogP contribution in [0.2, 0.25) is 0 Å². The first-order valence-electron chi connectivity index (χ1n) is 6.26. The van der Waals surface area contributed by atoms with Gasteiger partial charge < -0.3 is 5.32 Å². The summed E-state index contributed by atoms with van der Waals surface area (Å²) in [6, 6.07) is 0.286. The van der Waals surface area contributed by atoms with Gasteiger partial charge in [-0.15, -0.1) is 5.10 Å². The molecule has 0 radical (unpaired) electrons. The number of rotatable bonds is 6. The van der Waals surface area contributed by atoms with Gasteiger partial charge in [0, 0.05) is 19.3 Å². The highest BCUT2D eigenvalue weighted by molar-refractivity contribution is 7.05.